The summed E-state index contributed by atoms with van der Waals surface area (Å²) in [5.41, 5.74) is 0.369. The lowest BCUT2D eigenvalue weighted by Crippen LogP contribution is -2.63. The van der Waals surface area contributed by atoms with E-state index < -0.39 is 0 Å². The second kappa shape index (κ2) is 10.3. The second-order valence-corrected chi connectivity index (χ2v) is 11.0. The Morgan fingerprint density at radius 2 is 1.35 bits per heavy atom. The minimum atomic E-state index is 0.136. The third kappa shape index (κ3) is 6.32. The van der Waals surface area contributed by atoms with Gasteiger partial charge in [-0.1, -0.05) is 0 Å². The summed E-state index contributed by atoms with van der Waals surface area (Å²) in [6.45, 7) is 21.0. The number of carbonyl (C=O) groups excluding carboxylic acids is 1. The minimum Gasteiger partial charge on any atom is -0.331 e. The summed E-state index contributed by atoms with van der Waals surface area (Å²) in [4.78, 5) is 23.8. The molecule has 0 aromatic carbocycles. The maximum Gasteiger partial charge on any atom is 0.319 e. The second-order valence-electron chi connectivity index (χ2n) is 11.0. The molecule has 3 rings (SSSR count). The summed E-state index contributed by atoms with van der Waals surface area (Å²) in [5.74, 6) is 0. The zero-order valence-electron chi connectivity index (χ0n) is 20.9. The van der Waals surface area contributed by atoms with Crippen molar-refractivity contribution in [3.8, 4) is 0 Å². The summed E-state index contributed by atoms with van der Waals surface area (Å²) in [5, 5.41) is 7.16. The molecule has 0 bridgehead atoms. The molecule has 180 valence electrons. The predicted octanol–water partition coefficient (Wildman–Crippen LogP) is 0.760. The molecule has 3 heterocycles. The summed E-state index contributed by atoms with van der Waals surface area (Å²) in [6, 6.07) is 0.136. The minimum absolute atomic E-state index is 0.136. The molecule has 2 amide bonds. The molecule has 3 aliphatic rings. The van der Waals surface area contributed by atoms with Crippen LogP contribution < -0.4 is 10.6 Å². The number of hydrogen-bond donors (Lipinski definition) is 2. The molecule has 1 unspecified atom stereocenters. The Kier molecular flexibility index (Phi) is 8.24. The molecule has 31 heavy (non-hydrogen) atoms. The van der Waals surface area contributed by atoms with Crippen LogP contribution in [0.5, 0.6) is 0 Å². The van der Waals surface area contributed by atoms with Crippen molar-refractivity contribution in [2.24, 2.45) is 0 Å². The quantitative estimate of drug-likeness (QED) is 0.640. The van der Waals surface area contributed by atoms with Crippen LogP contribution in [0.1, 0.15) is 40.5 Å². The summed E-state index contributed by atoms with van der Waals surface area (Å²) >= 11 is 0. The number of urea groups is 1. The van der Waals surface area contributed by atoms with Gasteiger partial charge in [-0.15, -0.1) is 0 Å². The number of hydrogen-bond acceptors (Lipinski definition) is 6. The Morgan fingerprint density at radius 3 is 1.81 bits per heavy atom. The summed E-state index contributed by atoms with van der Waals surface area (Å²) in [6.07, 6.45) is 2.87. The lowest BCUT2D eigenvalue weighted by Gasteiger charge is -2.49. The fourth-order valence-electron chi connectivity index (χ4n) is 5.25. The third-order valence-electron chi connectivity index (χ3n) is 7.77. The number of piperazine rings is 3. The van der Waals surface area contributed by atoms with E-state index in [4.69, 9.17) is 0 Å². The molecule has 0 saturated carbocycles. The van der Waals surface area contributed by atoms with Gasteiger partial charge in [-0.25, -0.2) is 4.79 Å². The van der Waals surface area contributed by atoms with Gasteiger partial charge < -0.3 is 15.1 Å². The molecule has 8 nitrogen and oxygen atoms in total. The van der Waals surface area contributed by atoms with E-state index in [0.717, 1.165) is 72.0 Å². The van der Waals surface area contributed by atoms with Gasteiger partial charge in [-0.2, -0.15) is 0 Å². The number of rotatable bonds is 6. The molecule has 1 atom stereocenters. The molecular weight excluding hydrogens is 390 g/mol. The molecular formula is C23H47N7O. The highest BCUT2D eigenvalue weighted by Gasteiger charge is 2.36. The van der Waals surface area contributed by atoms with Crippen LogP contribution in [0, 0.1) is 0 Å². The maximum atomic E-state index is 12.2. The van der Waals surface area contributed by atoms with Gasteiger partial charge >= 0.3 is 6.03 Å². The molecule has 3 fully saturated rings. The Balaban J connectivity index is 1.44. The monoisotopic (exact) mass is 437 g/mol. The maximum absolute atomic E-state index is 12.2. The van der Waals surface area contributed by atoms with E-state index in [1.807, 2.05) is 19.0 Å². The van der Waals surface area contributed by atoms with E-state index in [2.05, 4.69) is 53.0 Å². The van der Waals surface area contributed by atoms with Crippen LogP contribution in [-0.2, 0) is 0 Å². The highest BCUT2D eigenvalue weighted by atomic mass is 16.2. The smallest absolute Gasteiger partial charge is 0.319 e. The number of amides is 2. The van der Waals surface area contributed by atoms with Crippen molar-refractivity contribution in [2.45, 2.75) is 57.8 Å². The van der Waals surface area contributed by atoms with Crippen molar-refractivity contribution in [1.82, 2.24) is 35.1 Å². The first kappa shape index (κ1) is 24.7. The summed E-state index contributed by atoms with van der Waals surface area (Å²) < 4.78 is 0. The molecule has 3 aliphatic heterocycles. The first-order valence-corrected chi connectivity index (χ1v) is 12.2. The van der Waals surface area contributed by atoms with Gasteiger partial charge in [0.1, 0.15) is 0 Å². The molecule has 0 aromatic heterocycles. The van der Waals surface area contributed by atoms with Crippen LogP contribution >= 0.6 is 0 Å². The Labute approximate surface area is 190 Å². The predicted molar refractivity (Wildman–Crippen MR) is 127 cm³/mol. The van der Waals surface area contributed by atoms with E-state index >= 15 is 0 Å². The van der Waals surface area contributed by atoms with E-state index in [1.54, 1.807) is 4.90 Å². The van der Waals surface area contributed by atoms with Gasteiger partial charge in [0, 0.05) is 97.2 Å². The average molecular weight is 438 g/mol. The van der Waals surface area contributed by atoms with E-state index in [9.17, 15) is 4.79 Å². The van der Waals surface area contributed by atoms with Gasteiger partial charge in [-0.3, -0.25) is 20.0 Å². The van der Waals surface area contributed by atoms with Crippen molar-refractivity contribution < 1.29 is 4.79 Å². The molecule has 0 spiro atoms. The van der Waals surface area contributed by atoms with Gasteiger partial charge in [0.05, 0.1) is 6.17 Å². The van der Waals surface area contributed by atoms with Gasteiger partial charge in [0.15, 0.2) is 0 Å². The lowest BCUT2D eigenvalue weighted by molar-refractivity contribution is 0.00500. The zero-order valence-corrected chi connectivity index (χ0v) is 20.9. The Bertz CT molecular complexity index is 572. The SMILES string of the molecule is CN(C)C(=O)N1CCN(C(C)(C)CCC(C)(C)N2CCN(C3CNCCN3)CC2)CC1. The number of nitrogens with one attached hydrogen (secondary N) is 2. The largest absolute Gasteiger partial charge is 0.331 e. The van der Waals surface area contributed by atoms with Crippen LogP contribution in [0.4, 0.5) is 4.79 Å². The first-order valence-electron chi connectivity index (χ1n) is 12.2. The van der Waals surface area contributed by atoms with E-state index in [0.29, 0.717) is 6.17 Å². The standard InChI is InChI=1S/C23H47N7O/c1-22(2,29-15-11-27(12-16-29)20-19-24-9-10-25-20)7-8-23(3,4)30-17-13-28(14-18-30)21(31)26(5)6/h20,24-25H,7-19H2,1-6H3. The Morgan fingerprint density at radius 1 is 0.839 bits per heavy atom. The summed E-state index contributed by atoms with van der Waals surface area (Å²) in [7, 11) is 3.67. The first-order chi connectivity index (χ1) is 14.6. The Hall–Kier alpha value is -0.930. The number of carbonyl (C=O) groups is 1. The number of nitrogens with zero attached hydrogens (tertiary/aromatic N) is 5. The molecule has 0 aliphatic carbocycles. The van der Waals surface area contributed by atoms with Crippen molar-refractivity contribution in [2.75, 3.05) is 86.1 Å². The van der Waals surface area contributed by atoms with E-state index in [-0.39, 0.29) is 17.1 Å². The molecule has 2 N–H and O–H groups in total. The van der Waals surface area contributed by atoms with Gasteiger partial charge in [0.2, 0.25) is 0 Å². The average Bonchev–Trinajstić information content (AvgIpc) is 2.78. The highest BCUT2D eigenvalue weighted by Crippen LogP contribution is 2.30. The van der Waals surface area contributed by atoms with Crippen molar-refractivity contribution in [1.29, 1.82) is 0 Å². The van der Waals surface area contributed by atoms with Crippen LogP contribution in [0.25, 0.3) is 0 Å². The highest BCUT2D eigenvalue weighted by molar-refractivity contribution is 5.73. The van der Waals surface area contributed by atoms with Gasteiger partial charge in [-0.05, 0) is 40.5 Å². The normalized spacial score (nSPS) is 25.6. The van der Waals surface area contributed by atoms with Gasteiger partial charge in [0.25, 0.3) is 0 Å². The van der Waals surface area contributed by atoms with Crippen LogP contribution in [0.3, 0.4) is 0 Å². The molecule has 0 aromatic rings. The van der Waals surface area contributed by atoms with Crippen molar-refractivity contribution >= 4 is 6.03 Å². The molecule has 0 radical (unpaired) electrons. The lowest BCUT2D eigenvalue weighted by atomic mass is 9.86. The van der Waals surface area contributed by atoms with Crippen molar-refractivity contribution in [3.05, 3.63) is 0 Å². The fraction of sp³-hybridized carbons (Fsp3) is 0.957. The van der Waals surface area contributed by atoms with Crippen molar-refractivity contribution in [3.63, 3.8) is 0 Å². The fourth-order valence-corrected chi connectivity index (χ4v) is 5.25. The van der Waals surface area contributed by atoms with Crippen LogP contribution in [-0.4, -0.2) is 134 Å². The zero-order chi connectivity index (χ0) is 22.6. The molecule has 8 heteroatoms. The van der Waals surface area contributed by atoms with Crippen LogP contribution in [0.15, 0.2) is 0 Å². The molecule has 3 saturated heterocycles. The van der Waals surface area contributed by atoms with E-state index in [1.165, 1.54) is 12.8 Å². The topological polar surface area (TPSA) is 57.3 Å². The third-order valence-corrected chi connectivity index (χ3v) is 7.77. The van der Waals surface area contributed by atoms with Crippen LogP contribution in [0.2, 0.25) is 0 Å².